The van der Waals surface area contributed by atoms with Crippen LogP contribution in [0.5, 0.6) is 5.75 Å². The number of methoxy groups -OCH3 is 1. The van der Waals surface area contributed by atoms with Gasteiger partial charge in [-0.25, -0.2) is 13.7 Å². The van der Waals surface area contributed by atoms with Gasteiger partial charge in [0, 0.05) is 17.3 Å². The average Bonchev–Trinajstić information content (AvgIpc) is 3.08. The van der Waals surface area contributed by atoms with Gasteiger partial charge in [0.05, 0.1) is 56.6 Å². The summed E-state index contributed by atoms with van der Waals surface area (Å²) < 4.78 is 102. The molecule has 0 amide bonds. The number of hydrogen-bond donors (Lipinski definition) is 5. The molecule has 284 valence electrons. The molecule has 0 saturated heterocycles. The summed E-state index contributed by atoms with van der Waals surface area (Å²) in [6.45, 7) is -0.0707. The van der Waals surface area contributed by atoms with Crippen LogP contribution in [0.3, 0.4) is 0 Å². The number of anilines is 1. The van der Waals surface area contributed by atoms with Crippen molar-refractivity contribution < 1.29 is 73.5 Å². The number of rotatable bonds is 15. The molecular formula is C27H25N5O16S5. The van der Waals surface area contributed by atoms with E-state index < -0.39 is 46.7 Å². The third kappa shape index (κ3) is 11.8. The van der Waals surface area contributed by atoms with Crippen molar-refractivity contribution in [3.05, 3.63) is 60.7 Å². The first-order chi connectivity index (χ1) is 24.5. The molecule has 0 bridgehead atoms. The lowest BCUT2D eigenvalue weighted by Crippen LogP contribution is -2.11. The number of nitrogen functional groups attached to an aromatic ring is 1. The van der Waals surface area contributed by atoms with Gasteiger partial charge in [0.1, 0.15) is 16.3 Å². The van der Waals surface area contributed by atoms with Crippen molar-refractivity contribution in [2.24, 2.45) is 20.5 Å². The normalized spacial score (nSPS) is 12.2. The molecular weight excluding hydrogens is 811 g/mol. The molecule has 21 nitrogen and oxygen atoms in total. The van der Waals surface area contributed by atoms with Crippen molar-refractivity contribution in [3.63, 3.8) is 0 Å². The number of azo groups is 2. The molecule has 53 heavy (non-hydrogen) atoms. The van der Waals surface area contributed by atoms with Gasteiger partial charge >= 0.3 is 10.4 Å². The maximum atomic E-state index is 12.6. The molecule has 0 saturated carbocycles. The fraction of sp³-hybridized carbons (Fsp3) is 0.111. The van der Waals surface area contributed by atoms with Gasteiger partial charge in [-0.3, -0.25) is 14.0 Å². The second kappa shape index (κ2) is 18.5. The van der Waals surface area contributed by atoms with Crippen LogP contribution < -0.4 is 5.73 Å². The lowest BCUT2D eigenvalue weighted by Gasteiger charge is -2.14. The average molecular weight is 836 g/mol. The number of sulfone groups is 1. The number of thioether (sulfide) groups is 1. The zero-order valence-electron chi connectivity index (χ0n) is 26.4. The number of nitrogens with two attached hydrogens (primary N) is 1. The van der Waals surface area contributed by atoms with Crippen molar-refractivity contribution in [1.82, 2.24) is 0 Å². The van der Waals surface area contributed by atoms with Crippen LogP contribution in [0.4, 0.5) is 28.4 Å². The lowest BCUT2D eigenvalue weighted by atomic mass is 10.1. The summed E-state index contributed by atoms with van der Waals surface area (Å²) in [6, 6.07) is 13.4. The van der Waals surface area contributed by atoms with E-state index in [4.69, 9.17) is 20.3 Å². The van der Waals surface area contributed by atoms with Crippen LogP contribution >= 0.6 is 23.8 Å². The largest absolute Gasteiger partial charge is 0.505 e. The number of fused-ring (bicyclic) bond motifs is 1. The van der Waals surface area contributed by atoms with Crippen LogP contribution in [0.15, 0.2) is 101 Å². The Balaban J connectivity index is 0.00000756. The van der Waals surface area contributed by atoms with Gasteiger partial charge < -0.3 is 21.1 Å². The quantitative estimate of drug-likeness (QED) is 0.0154. The summed E-state index contributed by atoms with van der Waals surface area (Å²) in [6.07, 6.45) is 1.89. The van der Waals surface area contributed by atoms with E-state index in [1.54, 1.807) is 12.1 Å². The van der Waals surface area contributed by atoms with Gasteiger partial charge in [-0.2, -0.15) is 27.1 Å². The van der Waals surface area contributed by atoms with Crippen molar-refractivity contribution in [2.75, 3.05) is 25.2 Å². The topological polar surface area (TPSA) is 336 Å². The molecule has 4 aromatic carbocycles. The van der Waals surface area contributed by atoms with E-state index in [2.05, 4.69) is 44.3 Å². The highest BCUT2D eigenvalue weighted by atomic mass is 32.3. The predicted molar refractivity (Wildman–Crippen MR) is 187 cm³/mol. The Labute approximate surface area is 308 Å². The fourth-order valence-corrected chi connectivity index (χ4v) is 6.99. The Morgan fingerprint density at radius 1 is 0.887 bits per heavy atom. The molecule has 0 aliphatic carbocycles. The predicted octanol–water partition coefficient (Wildman–Crippen LogP) is 4.99. The van der Waals surface area contributed by atoms with E-state index in [0.717, 1.165) is 23.9 Å². The molecule has 0 fully saturated rings. The van der Waals surface area contributed by atoms with E-state index in [1.165, 1.54) is 43.5 Å². The molecule has 0 radical (unpaired) electrons. The number of benzene rings is 4. The summed E-state index contributed by atoms with van der Waals surface area (Å²) >= 11 is 1.27. The summed E-state index contributed by atoms with van der Waals surface area (Å²) in [5, 5.41) is 41.7. The monoisotopic (exact) mass is 835 g/mol. The molecule has 0 unspecified atom stereocenters. The lowest BCUT2D eigenvalue weighted by molar-refractivity contribution is -0.432. The molecule has 0 spiro atoms. The third-order valence-corrected chi connectivity index (χ3v) is 10.3. The zero-order valence-corrected chi connectivity index (χ0v) is 30.5. The van der Waals surface area contributed by atoms with Crippen molar-refractivity contribution in [2.45, 2.75) is 19.6 Å². The molecule has 4 rings (SSSR count). The number of aromatic hydroxyl groups is 1. The van der Waals surface area contributed by atoms with Crippen molar-refractivity contribution >= 4 is 93.4 Å². The van der Waals surface area contributed by atoms with Crippen molar-refractivity contribution in [1.29, 1.82) is 0 Å². The van der Waals surface area contributed by atoms with Crippen LogP contribution in [-0.4, -0.2) is 69.7 Å². The Bertz CT molecular complexity index is 2420. The number of phenolic OH excluding ortho intramolecular Hbond substituents is 1. The molecule has 4 aromatic rings. The smallest absolute Gasteiger partial charge is 0.433 e. The van der Waals surface area contributed by atoms with E-state index >= 15 is 0 Å². The van der Waals surface area contributed by atoms with Gasteiger partial charge in [0.25, 0.3) is 10.1 Å². The Morgan fingerprint density at radius 3 is 2.21 bits per heavy atom. The molecule has 0 aliphatic rings. The third-order valence-electron chi connectivity index (χ3n) is 6.22. The van der Waals surface area contributed by atoms with Gasteiger partial charge in [0.2, 0.25) is 0 Å². The maximum Gasteiger partial charge on any atom is 0.433 e. The SMILES string of the molecule is COCCS(=O)(=O)c1cccc(N=Nc2c(S(=O)(=O)O)cc3cc(SOOO)c(N=Nc4ccc(SC#COOS(=O)(=O)O)cc4)c(N)c3c2O)c1.O. The minimum absolute atomic E-state index is 0. The second-order valence-electron chi connectivity index (χ2n) is 9.60. The minimum Gasteiger partial charge on any atom is -0.505 e. The Morgan fingerprint density at radius 2 is 1.57 bits per heavy atom. The van der Waals surface area contributed by atoms with Crippen LogP contribution in [0.2, 0.25) is 0 Å². The molecule has 8 N–H and O–H groups in total. The van der Waals surface area contributed by atoms with Crippen LogP contribution in [0.25, 0.3) is 10.8 Å². The minimum atomic E-state index is -5.08. The van der Waals surface area contributed by atoms with Crippen LogP contribution in [0, 0.1) is 11.4 Å². The highest BCUT2D eigenvalue weighted by Gasteiger charge is 2.26. The molecule has 0 aromatic heterocycles. The summed E-state index contributed by atoms with van der Waals surface area (Å²) in [7, 11) is -12.3. The fourth-order valence-electron chi connectivity index (χ4n) is 4.03. The standard InChI is InChI=1S/C27H23N5O15S5.H2O/c1-43-10-12-50(35,36)20-4-2-3-18(15-20)30-32-26-22(51(37,38)39)14-16-13-21(49-46-45-34)25(24(28)23(16)27(26)33)31-29-17-5-7-19(8-6-17)48-11-9-44-47-52(40,41)42;/h2-8,13-15,33-34H,10,12,28H2,1H3,(H,37,38,39)(H,40,41,42);1H2. The zero-order chi connectivity index (χ0) is 38.1. The number of phenols is 1. The summed E-state index contributed by atoms with van der Waals surface area (Å²) in [4.78, 5) is 3.52. The van der Waals surface area contributed by atoms with Gasteiger partial charge in [-0.15, -0.1) is 14.6 Å². The highest BCUT2D eigenvalue weighted by Crippen LogP contribution is 2.49. The van der Waals surface area contributed by atoms with E-state index in [0.29, 0.717) is 16.9 Å². The number of ether oxygens (including phenoxy) is 1. The molecule has 0 atom stereocenters. The Hall–Kier alpha value is -4.47. The van der Waals surface area contributed by atoms with E-state index in [1.807, 2.05) is 6.11 Å². The second-order valence-corrected chi connectivity index (χ2v) is 15.7. The first-order valence-electron chi connectivity index (χ1n) is 13.5. The van der Waals surface area contributed by atoms with E-state index in [-0.39, 0.29) is 61.1 Å². The molecule has 0 aliphatic heterocycles. The summed E-state index contributed by atoms with van der Waals surface area (Å²) in [5.74, 6) is -1.19. The highest BCUT2D eigenvalue weighted by molar-refractivity contribution is 8.04. The van der Waals surface area contributed by atoms with E-state index in [9.17, 15) is 34.9 Å². The number of hydrogen-bond acceptors (Lipinski definition) is 20. The number of nitrogens with zero attached hydrogens (tertiary/aromatic N) is 4. The van der Waals surface area contributed by atoms with Gasteiger partial charge in [-0.05, 0) is 76.1 Å². The first-order valence-corrected chi connectivity index (χ1v) is 19.5. The maximum absolute atomic E-state index is 12.6. The Kier molecular flexibility index (Phi) is 15.0. The van der Waals surface area contributed by atoms with Crippen LogP contribution in [0.1, 0.15) is 0 Å². The summed E-state index contributed by atoms with van der Waals surface area (Å²) in [5.41, 5.74) is 5.37. The molecule has 26 heteroatoms. The van der Waals surface area contributed by atoms with Gasteiger partial charge in [-0.1, -0.05) is 11.1 Å². The molecule has 0 heterocycles. The van der Waals surface area contributed by atoms with Crippen molar-refractivity contribution in [3.8, 4) is 17.1 Å². The van der Waals surface area contributed by atoms with Crippen LogP contribution in [-0.2, 0) is 53.7 Å². The first kappa shape index (κ1) is 42.9. The van der Waals surface area contributed by atoms with Gasteiger partial charge in [0.15, 0.2) is 21.7 Å².